The van der Waals surface area contributed by atoms with Crippen LogP contribution in [0, 0.1) is 6.92 Å². The summed E-state index contributed by atoms with van der Waals surface area (Å²) in [4.78, 5) is 25.7. The molecule has 0 aromatic heterocycles. The van der Waals surface area contributed by atoms with Crippen LogP contribution in [-0.2, 0) is 24.2 Å². The van der Waals surface area contributed by atoms with E-state index in [2.05, 4.69) is 0 Å². The quantitative estimate of drug-likeness (QED) is 0.583. The van der Waals surface area contributed by atoms with Crippen LogP contribution in [0.1, 0.15) is 39.0 Å². The fourth-order valence-corrected chi connectivity index (χ4v) is 3.99. The van der Waals surface area contributed by atoms with Gasteiger partial charge in [0.1, 0.15) is 11.5 Å². The SMILES string of the molecule is Cc1cc(Oc2cccc(C(=O)N3CCc4cc([OH2+])ccc4C3)c2)ccc1CCC(=O)O. The Morgan fingerprint density at radius 1 is 1.03 bits per heavy atom. The highest BCUT2D eigenvalue weighted by Gasteiger charge is 2.23. The number of amides is 1. The van der Waals surface area contributed by atoms with Gasteiger partial charge in [-0.25, -0.2) is 0 Å². The van der Waals surface area contributed by atoms with Crippen molar-refractivity contribution in [3.63, 3.8) is 0 Å². The van der Waals surface area contributed by atoms with E-state index in [0.717, 1.165) is 28.7 Å². The number of carboxylic acids is 1. The maximum absolute atomic E-state index is 13.1. The second-order valence-corrected chi connectivity index (χ2v) is 8.07. The van der Waals surface area contributed by atoms with Crippen LogP contribution in [0.2, 0.25) is 0 Å². The number of nitrogens with zero attached hydrogens (tertiary/aromatic N) is 1. The molecule has 0 saturated carbocycles. The molecule has 32 heavy (non-hydrogen) atoms. The monoisotopic (exact) mass is 432 g/mol. The summed E-state index contributed by atoms with van der Waals surface area (Å²) in [6.45, 7) is 3.09. The van der Waals surface area contributed by atoms with Crippen molar-refractivity contribution < 1.29 is 24.5 Å². The maximum atomic E-state index is 13.1. The predicted octanol–water partition coefficient (Wildman–Crippen LogP) is 4.44. The topological polar surface area (TPSA) is 89.7 Å². The van der Waals surface area contributed by atoms with E-state index in [1.54, 1.807) is 24.3 Å². The smallest absolute Gasteiger partial charge is 0.303 e. The average Bonchev–Trinajstić information content (AvgIpc) is 2.78. The number of aliphatic carboxylic acids is 1. The van der Waals surface area contributed by atoms with Gasteiger partial charge in [-0.15, -0.1) is 0 Å². The van der Waals surface area contributed by atoms with Crippen LogP contribution < -0.4 is 4.74 Å². The summed E-state index contributed by atoms with van der Waals surface area (Å²) in [7, 11) is 0. The Balaban J connectivity index is 1.45. The molecule has 0 bridgehead atoms. The normalized spacial score (nSPS) is 12.8. The van der Waals surface area contributed by atoms with Gasteiger partial charge in [0.2, 0.25) is 0 Å². The van der Waals surface area contributed by atoms with Crippen molar-refractivity contribution in [3.05, 3.63) is 88.5 Å². The van der Waals surface area contributed by atoms with Gasteiger partial charge < -0.3 is 19.8 Å². The average molecular weight is 432 g/mol. The lowest BCUT2D eigenvalue weighted by molar-refractivity contribution is -0.136. The van der Waals surface area contributed by atoms with Crippen LogP contribution in [-0.4, -0.2) is 33.5 Å². The molecule has 0 radical (unpaired) electrons. The van der Waals surface area contributed by atoms with E-state index < -0.39 is 5.97 Å². The summed E-state index contributed by atoms with van der Waals surface area (Å²) < 4.78 is 5.98. The Kier molecular flexibility index (Phi) is 6.12. The van der Waals surface area contributed by atoms with Crippen molar-refractivity contribution in [3.8, 4) is 17.2 Å². The van der Waals surface area contributed by atoms with Gasteiger partial charge in [-0.1, -0.05) is 12.1 Å². The van der Waals surface area contributed by atoms with Gasteiger partial charge in [-0.05, 0) is 78.4 Å². The van der Waals surface area contributed by atoms with Gasteiger partial charge in [0.05, 0.1) is 0 Å². The summed E-state index contributed by atoms with van der Waals surface area (Å²) in [5.74, 6) is 0.855. The fourth-order valence-electron chi connectivity index (χ4n) is 3.99. The zero-order valence-electron chi connectivity index (χ0n) is 17.9. The number of hydrogen-bond donors (Lipinski definition) is 1. The molecule has 4 rings (SSSR count). The highest BCUT2D eigenvalue weighted by molar-refractivity contribution is 5.94. The first-order valence-electron chi connectivity index (χ1n) is 10.6. The molecule has 1 aliphatic rings. The maximum Gasteiger partial charge on any atom is 0.303 e. The lowest BCUT2D eigenvalue weighted by atomic mass is 9.99. The van der Waals surface area contributed by atoms with E-state index in [1.807, 2.05) is 48.2 Å². The molecule has 3 N–H and O–H groups in total. The molecule has 6 nitrogen and oxygen atoms in total. The lowest BCUT2D eigenvalue weighted by Gasteiger charge is -2.28. The van der Waals surface area contributed by atoms with Gasteiger partial charge in [0, 0.05) is 37.2 Å². The number of ether oxygens (including phenoxy) is 1. The third-order valence-electron chi connectivity index (χ3n) is 5.74. The molecule has 1 aliphatic heterocycles. The van der Waals surface area contributed by atoms with Crippen molar-refractivity contribution in [2.24, 2.45) is 0 Å². The Morgan fingerprint density at radius 3 is 2.62 bits per heavy atom. The Labute approximate surface area is 186 Å². The number of hydrogen-bond acceptors (Lipinski definition) is 3. The number of aryl methyl sites for hydroxylation is 2. The first kappa shape index (κ1) is 21.4. The van der Waals surface area contributed by atoms with E-state index in [4.69, 9.17) is 14.9 Å². The van der Waals surface area contributed by atoms with E-state index in [-0.39, 0.29) is 12.3 Å². The third kappa shape index (κ3) is 4.91. The van der Waals surface area contributed by atoms with Crippen LogP contribution in [0.15, 0.2) is 60.7 Å². The lowest BCUT2D eigenvalue weighted by Crippen LogP contribution is -2.35. The number of rotatable bonds is 6. The fraction of sp³-hybridized carbons (Fsp3) is 0.231. The second kappa shape index (κ2) is 9.14. The highest BCUT2D eigenvalue weighted by Crippen LogP contribution is 2.27. The minimum absolute atomic E-state index is 0.0451. The van der Waals surface area contributed by atoms with Crippen molar-refractivity contribution in [2.45, 2.75) is 32.7 Å². The molecular formula is C26H26NO5+. The molecular weight excluding hydrogens is 406 g/mol. The molecule has 0 saturated heterocycles. The number of fused-ring (bicyclic) bond motifs is 1. The molecule has 164 valence electrons. The van der Waals surface area contributed by atoms with Crippen LogP contribution in [0.25, 0.3) is 0 Å². The summed E-state index contributed by atoms with van der Waals surface area (Å²) in [6, 6.07) is 18.3. The van der Waals surface area contributed by atoms with E-state index >= 15 is 0 Å². The summed E-state index contributed by atoms with van der Waals surface area (Å²) in [6.07, 6.45) is 1.32. The van der Waals surface area contributed by atoms with Crippen LogP contribution >= 0.6 is 0 Å². The molecule has 3 aromatic rings. The molecule has 0 atom stereocenters. The number of carboxylic acid groups (broad SMARTS) is 1. The first-order valence-corrected chi connectivity index (χ1v) is 10.6. The minimum atomic E-state index is -0.815. The van der Waals surface area contributed by atoms with Gasteiger partial charge in [0.15, 0.2) is 0 Å². The standard InChI is InChI=1S/C26H25NO5/c1-17-13-24(9-6-18(17)7-10-25(29)30)32-23-4-2-3-20(15-23)26(31)27-12-11-19-14-22(28)8-5-21(19)16-27/h2-6,8-9,13-15,28H,7,10-12,16H2,1H3,(H,29,30)/p+1. The van der Waals surface area contributed by atoms with Gasteiger partial charge >= 0.3 is 5.97 Å². The Morgan fingerprint density at radius 2 is 1.84 bits per heavy atom. The molecule has 0 spiro atoms. The highest BCUT2D eigenvalue weighted by atomic mass is 16.5. The van der Waals surface area contributed by atoms with Gasteiger partial charge in [0.25, 0.3) is 11.7 Å². The molecule has 6 heteroatoms. The van der Waals surface area contributed by atoms with Gasteiger partial charge in [-0.3, -0.25) is 9.59 Å². The molecule has 1 heterocycles. The predicted molar refractivity (Wildman–Crippen MR) is 122 cm³/mol. The van der Waals surface area contributed by atoms with Crippen LogP contribution in [0.3, 0.4) is 0 Å². The first-order chi connectivity index (χ1) is 15.4. The molecule has 0 aliphatic carbocycles. The minimum Gasteiger partial charge on any atom is -0.593 e. The second-order valence-electron chi connectivity index (χ2n) is 8.07. The van der Waals surface area contributed by atoms with E-state index in [1.165, 1.54) is 0 Å². The molecule has 1 amide bonds. The zero-order chi connectivity index (χ0) is 22.7. The van der Waals surface area contributed by atoms with E-state index in [9.17, 15) is 9.59 Å². The summed E-state index contributed by atoms with van der Waals surface area (Å²) in [5, 5.41) is 16.6. The van der Waals surface area contributed by atoms with Crippen LogP contribution in [0.5, 0.6) is 17.2 Å². The van der Waals surface area contributed by atoms with Crippen molar-refractivity contribution >= 4 is 11.9 Å². The van der Waals surface area contributed by atoms with E-state index in [0.29, 0.717) is 42.3 Å². The van der Waals surface area contributed by atoms with Crippen molar-refractivity contribution in [1.29, 1.82) is 0 Å². The number of carbonyl (C=O) groups excluding carboxylic acids is 1. The molecule has 0 unspecified atom stereocenters. The third-order valence-corrected chi connectivity index (χ3v) is 5.74. The Hall–Kier alpha value is -3.80. The summed E-state index contributed by atoms with van der Waals surface area (Å²) in [5.41, 5.74) is 4.75. The number of benzene rings is 3. The number of carbonyl (C=O) groups is 2. The molecule has 0 fully saturated rings. The largest absolute Gasteiger partial charge is 0.593 e. The summed E-state index contributed by atoms with van der Waals surface area (Å²) >= 11 is 0. The molecule has 3 aromatic carbocycles. The van der Waals surface area contributed by atoms with Gasteiger partial charge in [-0.2, -0.15) is 0 Å². The van der Waals surface area contributed by atoms with Crippen molar-refractivity contribution in [2.75, 3.05) is 6.54 Å². The zero-order valence-corrected chi connectivity index (χ0v) is 17.9. The van der Waals surface area contributed by atoms with Crippen LogP contribution in [0.4, 0.5) is 0 Å². The Bertz CT molecular complexity index is 1170. The van der Waals surface area contributed by atoms with Crippen molar-refractivity contribution in [1.82, 2.24) is 4.90 Å².